The summed E-state index contributed by atoms with van der Waals surface area (Å²) in [5, 5.41) is 0.305. The van der Waals surface area contributed by atoms with Crippen LogP contribution in [0.2, 0.25) is 0 Å². The van der Waals surface area contributed by atoms with Gasteiger partial charge in [-0.2, -0.15) is 0 Å². The van der Waals surface area contributed by atoms with Gasteiger partial charge in [-0.15, -0.1) is 0 Å². The number of fused-ring (bicyclic) bond motifs is 1. The Morgan fingerprint density at radius 3 is 2.39 bits per heavy atom. The number of carbonyl (C=O) groups excluding carboxylic acids is 1. The number of methoxy groups -OCH3 is 1. The van der Waals surface area contributed by atoms with Crippen LogP contribution in [0.5, 0.6) is 23.0 Å². The summed E-state index contributed by atoms with van der Waals surface area (Å²) in [7, 11) is 1.52. The molecule has 156 valence electrons. The molecule has 0 bridgehead atoms. The monoisotopic (exact) mass is 480 g/mol. The number of esters is 1. The van der Waals surface area contributed by atoms with Gasteiger partial charge in [-0.05, 0) is 55.5 Å². The first-order valence-electron chi connectivity index (χ1n) is 9.32. The fourth-order valence-electron chi connectivity index (χ4n) is 3.01. The predicted octanol–water partition coefficient (Wildman–Crippen LogP) is 5.88. The lowest BCUT2D eigenvalue weighted by Crippen LogP contribution is -2.10. The van der Waals surface area contributed by atoms with Gasteiger partial charge < -0.3 is 18.6 Å². The fraction of sp³-hybridized carbons (Fsp3) is 0.0833. The molecular formula is C24H17BrO6. The summed E-state index contributed by atoms with van der Waals surface area (Å²) in [5.41, 5.74) is 0.355. The van der Waals surface area contributed by atoms with E-state index in [2.05, 4.69) is 15.9 Å². The van der Waals surface area contributed by atoms with Crippen LogP contribution in [-0.2, 0) is 0 Å². The zero-order valence-corrected chi connectivity index (χ0v) is 18.3. The quantitative estimate of drug-likeness (QED) is 0.262. The minimum absolute atomic E-state index is 0.0663. The van der Waals surface area contributed by atoms with Crippen molar-refractivity contribution < 1.29 is 23.4 Å². The SMILES string of the molecule is COc1ccccc1Oc1c(C)oc2cc(OC(=O)c3ccc(Br)cc3)ccc2c1=O. The number of aryl methyl sites for hydroxylation is 1. The highest BCUT2D eigenvalue weighted by atomic mass is 79.9. The lowest BCUT2D eigenvalue weighted by molar-refractivity contribution is 0.0735. The molecule has 3 aromatic carbocycles. The largest absolute Gasteiger partial charge is 0.493 e. The van der Waals surface area contributed by atoms with Crippen molar-refractivity contribution in [3.05, 3.63) is 92.7 Å². The van der Waals surface area contributed by atoms with E-state index in [1.54, 1.807) is 61.5 Å². The number of hydrogen-bond donors (Lipinski definition) is 0. The molecule has 0 saturated heterocycles. The van der Waals surface area contributed by atoms with Crippen LogP contribution in [-0.4, -0.2) is 13.1 Å². The second-order valence-electron chi connectivity index (χ2n) is 6.62. The first kappa shape index (κ1) is 20.7. The lowest BCUT2D eigenvalue weighted by atomic mass is 10.2. The number of hydrogen-bond acceptors (Lipinski definition) is 6. The van der Waals surface area contributed by atoms with E-state index in [0.717, 1.165) is 4.47 Å². The van der Waals surface area contributed by atoms with E-state index in [1.807, 2.05) is 0 Å². The highest BCUT2D eigenvalue weighted by Crippen LogP contribution is 2.32. The maximum Gasteiger partial charge on any atom is 0.343 e. The average molecular weight is 481 g/mol. The third kappa shape index (κ3) is 4.32. The van der Waals surface area contributed by atoms with E-state index in [9.17, 15) is 9.59 Å². The van der Waals surface area contributed by atoms with Crippen LogP contribution in [0.3, 0.4) is 0 Å². The van der Waals surface area contributed by atoms with Gasteiger partial charge in [-0.25, -0.2) is 4.79 Å². The molecule has 4 aromatic rings. The molecule has 0 amide bonds. The Balaban J connectivity index is 1.65. The summed E-state index contributed by atoms with van der Waals surface area (Å²) in [6.07, 6.45) is 0. The minimum Gasteiger partial charge on any atom is -0.493 e. The minimum atomic E-state index is -0.512. The topological polar surface area (TPSA) is 75.0 Å². The fourth-order valence-corrected chi connectivity index (χ4v) is 3.28. The third-order valence-corrected chi connectivity index (χ3v) is 5.09. The molecule has 0 aliphatic heterocycles. The number of carbonyl (C=O) groups is 1. The maximum absolute atomic E-state index is 13.0. The van der Waals surface area contributed by atoms with E-state index < -0.39 is 5.97 Å². The van der Waals surface area contributed by atoms with E-state index in [4.69, 9.17) is 18.6 Å². The molecule has 0 fully saturated rings. The van der Waals surface area contributed by atoms with Crippen molar-refractivity contribution >= 4 is 32.9 Å². The molecule has 4 rings (SSSR count). The van der Waals surface area contributed by atoms with Crippen LogP contribution in [0.25, 0.3) is 11.0 Å². The summed E-state index contributed by atoms with van der Waals surface area (Å²) in [4.78, 5) is 25.4. The molecule has 7 heteroatoms. The van der Waals surface area contributed by atoms with Crippen molar-refractivity contribution in [1.82, 2.24) is 0 Å². The van der Waals surface area contributed by atoms with Crippen LogP contribution < -0.4 is 19.6 Å². The Kier molecular flexibility index (Phi) is 5.77. The Morgan fingerprint density at radius 1 is 0.968 bits per heavy atom. The van der Waals surface area contributed by atoms with E-state index in [-0.39, 0.29) is 22.5 Å². The van der Waals surface area contributed by atoms with Gasteiger partial charge in [0.1, 0.15) is 17.1 Å². The number of para-hydroxylation sites is 2. The van der Waals surface area contributed by atoms with Gasteiger partial charge in [-0.1, -0.05) is 28.1 Å². The van der Waals surface area contributed by atoms with Crippen molar-refractivity contribution in [2.45, 2.75) is 6.92 Å². The lowest BCUT2D eigenvalue weighted by Gasteiger charge is -2.12. The van der Waals surface area contributed by atoms with Crippen LogP contribution in [0.4, 0.5) is 0 Å². The first-order chi connectivity index (χ1) is 15.0. The number of benzene rings is 3. The van der Waals surface area contributed by atoms with Gasteiger partial charge in [0.15, 0.2) is 11.5 Å². The standard InChI is InChI=1S/C24H17BrO6/c1-14-23(31-20-6-4-3-5-19(20)28-2)22(26)18-12-11-17(13-21(18)29-14)30-24(27)15-7-9-16(25)10-8-15/h3-13H,1-2H3. The maximum atomic E-state index is 13.0. The molecule has 0 radical (unpaired) electrons. The molecule has 0 aliphatic rings. The molecule has 0 N–H and O–H groups in total. The van der Waals surface area contributed by atoms with Crippen molar-refractivity contribution in [3.63, 3.8) is 0 Å². The average Bonchev–Trinajstić information content (AvgIpc) is 2.77. The van der Waals surface area contributed by atoms with Gasteiger partial charge in [0, 0.05) is 10.5 Å². The third-order valence-electron chi connectivity index (χ3n) is 4.56. The molecule has 0 spiro atoms. The highest BCUT2D eigenvalue weighted by Gasteiger charge is 2.17. The summed E-state index contributed by atoms with van der Waals surface area (Å²) in [6, 6.07) is 18.4. The first-order valence-corrected chi connectivity index (χ1v) is 10.1. The Hall–Kier alpha value is -3.58. The Bertz CT molecular complexity index is 1320. The second-order valence-corrected chi connectivity index (χ2v) is 7.54. The summed E-state index contributed by atoms with van der Waals surface area (Å²) < 4.78 is 23.2. The zero-order valence-electron chi connectivity index (χ0n) is 16.7. The molecule has 1 heterocycles. The Labute approximate surface area is 186 Å². The van der Waals surface area contributed by atoms with Gasteiger partial charge in [0.25, 0.3) is 0 Å². The van der Waals surface area contributed by atoms with Crippen LogP contribution in [0, 0.1) is 6.92 Å². The van der Waals surface area contributed by atoms with Crippen molar-refractivity contribution in [2.75, 3.05) is 7.11 Å². The van der Waals surface area contributed by atoms with Gasteiger partial charge in [0.05, 0.1) is 18.1 Å². The smallest absolute Gasteiger partial charge is 0.343 e. The van der Waals surface area contributed by atoms with Gasteiger partial charge in [0.2, 0.25) is 11.2 Å². The molecule has 1 aromatic heterocycles. The molecule has 6 nitrogen and oxygen atoms in total. The highest BCUT2D eigenvalue weighted by molar-refractivity contribution is 9.10. The Morgan fingerprint density at radius 2 is 1.68 bits per heavy atom. The zero-order chi connectivity index (χ0) is 22.0. The number of ether oxygens (including phenoxy) is 3. The van der Waals surface area contributed by atoms with Crippen LogP contribution >= 0.6 is 15.9 Å². The van der Waals surface area contributed by atoms with Crippen molar-refractivity contribution in [2.24, 2.45) is 0 Å². The van der Waals surface area contributed by atoms with Crippen LogP contribution in [0.15, 0.2) is 80.4 Å². The van der Waals surface area contributed by atoms with E-state index in [1.165, 1.54) is 19.2 Å². The molecule has 0 atom stereocenters. The van der Waals surface area contributed by atoms with E-state index >= 15 is 0 Å². The van der Waals surface area contributed by atoms with Crippen molar-refractivity contribution in [3.8, 4) is 23.0 Å². The molecule has 0 aliphatic carbocycles. The predicted molar refractivity (Wildman–Crippen MR) is 119 cm³/mol. The normalized spacial score (nSPS) is 10.7. The number of rotatable bonds is 5. The van der Waals surface area contributed by atoms with Crippen molar-refractivity contribution in [1.29, 1.82) is 0 Å². The molecular weight excluding hydrogens is 464 g/mol. The van der Waals surface area contributed by atoms with Gasteiger partial charge >= 0.3 is 5.97 Å². The summed E-state index contributed by atoms with van der Waals surface area (Å²) in [5.74, 6) is 1.01. The van der Waals surface area contributed by atoms with Crippen LogP contribution in [0.1, 0.15) is 16.1 Å². The summed E-state index contributed by atoms with van der Waals surface area (Å²) >= 11 is 3.33. The number of halogens is 1. The molecule has 0 saturated carbocycles. The van der Waals surface area contributed by atoms with Gasteiger partial charge in [-0.3, -0.25) is 4.79 Å². The molecule has 31 heavy (non-hydrogen) atoms. The second kappa shape index (κ2) is 8.65. The summed E-state index contributed by atoms with van der Waals surface area (Å²) in [6.45, 7) is 1.63. The molecule has 0 unspecified atom stereocenters. The van der Waals surface area contributed by atoms with E-state index in [0.29, 0.717) is 28.2 Å².